The van der Waals surface area contributed by atoms with Crippen LogP contribution in [0.2, 0.25) is 5.02 Å². The first-order valence-electron chi connectivity index (χ1n) is 7.91. The zero-order valence-corrected chi connectivity index (χ0v) is 16.4. The van der Waals surface area contributed by atoms with Gasteiger partial charge < -0.3 is 9.32 Å². The van der Waals surface area contributed by atoms with Gasteiger partial charge in [0.1, 0.15) is 4.33 Å². The van der Waals surface area contributed by atoms with Crippen molar-refractivity contribution in [3.05, 3.63) is 35.2 Å². The molecule has 1 aromatic carbocycles. The summed E-state index contributed by atoms with van der Waals surface area (Å²) in [6.45, 7) is 5.82. The number of nitrogens with zero attached hydrogens (tertiary/aromatic N) is 3. The van der Waals surface area contributed by atoms with Crippen LogP contribution < -0.4 is 0 Å². The number of aromatic nitrogens is 2. The number of carbonyl (C=O) groups is 1. The van der Waals surface area contributed by atoms with Crippen molar-refractivity contribution >= 4 is 40.7 Å². The molecule has 0 saturated heterocycles. The Labute approximate surface area is 161 Å². The van der Waals surface area contributed by atoms with Crippen molar-refractivity contribution in [3.63, 3.8) is 0 Å². The van der Waals surface area contributed by atoms with Crippen LogP contribution >= 0.6 is 34.8 Å². The number of hydrogen-bond donors (Lipinski definition) is 0. The molecule has 2 aromatic rings. The highest BCUT2D eigenvalue weighted by Gasteiger charge is 2.68. The fourth-order valence-electron chi connectivity index (χ4n) is 2.61. The second kappa shape index (κ2) is 6.45. The van der Waals surface area contributed by atoms with Gasteiger partial charge in [-0.3, -0.25) is 4.79 Å². The van der Waals surface area contributed by atoms with E-state index in [0.29, 0.717) is 23.2 Å². The Kier molecular flexibility index (Phi) is 4.77. The predicted octanol–water partition coefficient (Wildman–Crippen LogP) is 4.71. The third-order valence-electron chi connectivity index (χ3n) is 4.48. The normalized spacial score (nSPS) is 21.4. The molecule has 1 aliphatic rings. The van der Waals surface area contributed by atoms with Gasteiger partial charge in [0.2, 0.25) is 17.7 Å². The van der Waals surface area contributed by atoms with Gasteiger partial charge in [0.15, 0.2) is 0 Å². The summed E-state index contributed by atoms with van der Waals surface area (Å²) in [4.78, 5) is 14.5. The van der Waals surface area contributed by atoms with Gasteiger partial charge in [-0.25, -0.2) is 0 Å². The highest BCUT2D eigenvalue weighted by molar-refractivity contribution is 6.53. The summed E-state index contributed by atoms with van der Waals surface area (Å²) in [5.74, 6) is 0.620. The van der Waals surface area contributed by atoms with E-state index in [-0.39, 0.29) is 18.5 Å². The van der Waals surface area contributed by atoms with Crippen molar-refractivity contribution in [1.29, 1.82) is 0 Å². The minimum atomic E-state index is -1.01. The van der Waals surface area contributed by atoms with Crippen molar-refractivity contribution in [2.75, 3.05) is 0 Å². The number of amides is 1. The Bertz CT molecular complexity index is 789. The molecule has 0 N–H and O–H groups in total. The second-order valence-electron chi connectivity index (χ2n) is 6.75. The molecule has 1 aromatic heterocycles. The number of halogens is 3. The van der Waals surface area contributed by atoms with Gasteiger partial charge >= 0.3 is 0 Å². The topological polar surface area (TPSA) is 59.2 Å². The van der Waals surface area contributed by atoms with E-state index in [1.807, 2.05) is 13.8 Å². The van der Waals surface area contributed by atoms with Crippen molar-refractivity contribution in [1.82, 2.24) is 15.1 Å². The fraction of sp³-hybridized carbons (Fsp3) is 0.471. The standard InChI is InChI=1S/C17H18Cl3N3O2/c1-10(2)23(15(24)16(3)9-17(16,19)20)8-13-21-22-14(25-13)11-4-6-12(18)7-5-11/h4-7,10H,8-9H2,1-3H3. The molecule has 1 unspecified atom stereocenters. The van der Waals surface area contributed by atoms with Crippen molar-refractivity contribution in [2.45, 2.75) is 44.1 Å². The van der Waals surface area contributed by atoms with E-state index in [1.54, 1.807) is 36.1 Å². The van der Waals surface area contributed by atoms with Crippen LogP contribution in [0.1, 0.15) is 33.1 Å². The molecule has 25 heavy (non-hydrogen) atoms. The molecular weight excluding hydrogens is 385 g/mol. The first kappa shape index (κ1) is 18.5. The van der Waals surface area contributed by atoms with E-state index in [9.17, 15) is 4.79 Å². The second-order valence-corrected chi connectivity index (χ2v) is 8.67. The number of hydrogen-bond acceptors (Lipinski definition) is 4. The Morgan fingerprint density at radius 2 is 1.88 bits per heavy atom. The lowest BCUT2D eigenvalue weighted by Gasteiger charge is -2.28. The Morgan fingerprint density at radius 3 is 2.40 bits per heavy atom. The highest BCUT2D eigenvalue weighted by Crippen LogP contribution is 2.64. The van der Waals surface area contributed by atoms with Crippen LogP contribution in [-0.2, 0) is 11.3 Å². The molecule has 1 atom stereocenters. The molecule has 8 heteroatoms. The van der Waals surface area contributed by atoms with E-state index >= 15 is 0 Å². The molecule has 0 spiro atoms. The molecule has 0 radical (unpaired) electrons. The third-order valence-corrected chi connectivity index (χ3v) is 5.83. The van der Waals surface area contributed by atoms with Crippen LogP contribution in [0, 0.1) is 5.41 Å². The van der Waals surface area contributed by atoms with Gasteiger partial charge in [-0.2, -0.15) is 0 Å². The maximum absolute atomic E-state index is 12.9. The van der Waals surface area contributed by atoms with E-state index in [4.69, 9.17) is 39.2 Å². The molecule has 1 aliphatic carbocycles. The lowest BCUT2D eigenvalue weighted by Crippen LogP contribution is -2.42. The zero-order valence-electron chi connectivity index (χ0n) is 14.1. The van der Waals surface area contributed by atoms with Crippen LogP contribution in [0.3, 0.4) is 0 Å². The van der Waals surface area contributed by atoms with E-state index in [2.05, 4.69) is 10.2 Å². The number of benzene rings is 1. The summed E-state index contributed by atoms with van der Waals surface area (Å²) >= 11 is 18.2. The van der Waals surface area contributed by atoms with Crippen LogP contribution in [0.25, 0.3) is 11.5 Å². The number of alkyl halides is 2. The minimum absolute atomic E-state index is 0.0556. The Morgan fingerprint density at radius 1 is 1.28 bits per heavy atom. The average molecular weight is 403 g/mol. The van der Waals surface area contributed by atoms with Crippen LogP contribution in [0.15, 0.2) is 28.7 Å². The van der Waals surface area contributed by atoms with Crippen LogP contribution in [0.5, 0.6) is 0 Å². The lowest BCUT2D eigenvalue weighted by molar-refractivity contribution is -0.139. The summed E-state index contributed by atoms with van der Waals surface area (Å²) in [6, 6.07) is 7.04. The van der Waals surface area contributed by atoms with Crippen molar-refractivity contribution in [2.24, 2.45) is 5.41 Å². The minimum Gasteiger partial charge on any atom is -0.419 e. The Hall–Kier alpha value is -1.30. The molecule has 134 valence electrons. The van der Waals surface area contributed by atoms with E-state index in [0.717, 1.165) is 5.56 Å². The molecule has 3 rings (SSSR count). The summed E-state index contributed by atoms with van der Waals surface area (Å²) in [7, 11) is 0. The average Bonchev–Trinajstić information content (AvgIpc) is 2.87. The van der Waals surface area contributed by atoms with Crippen molar-refractivity contribution in [3.8, 4) is 11.5 Å². The van der Waals surface area contributed by atoms with E-state index in [1.165, 1.54) is 0 Å². The SMILES string of the molecule is CC(C)N(Cc1nnc(-c2ccc(Cl)cc2)o1)C(=O)C1(C)CC1(Cl)Cl. The van der Waals surface area contributed by atoms with Gasteiger partial charge in [0.25, 0.3) is 0 Å². The third kappa shape index (κ3) is 3.50. The van der Waals surface area contributed by atoms with Gasteiger partial charge in [-0.1, -0.05) is 11.6 Å². The maximum atomic E-state index is 12.9. The molecule has 1 fully saturated rings. The number of carbonyl (C=O) groups excluding carboxylic acids is 1. The molecule has 1 saturated carbocycles. The highest BCUT2D eigenvalue weighted by atomic mass is 35.5. The predicted molar refractivity (Wildman–Crippen MR) is 97.6 cm³/mol. The molecular formula is C17H18Cl3N3O2. The smallest absolute Gasteiger partial charge is 0.247 e. The van der Waals surface area contributed by atoms with Crippen molar-refractivity contribution < 1.29 is 9.21 Å². The summed E-state index contributed by atoms with van der Waals surface area (Å²) in [6.07, 6.45) is 0.436. The van der Waals surface area contributed by atoms with Gasteiger partial charge in [0.05, 0.1) is 12.0 Å². The lowest BCUT2D eigenvalue weighted by atomic mass is 10.1. The van der Waals surface area contributed by atoms with Gasteiger partial charge in [-0.05, 0) is 51.5 Å². The maximum Gasteiger partial charge on any atom is 0.247 e. The zero-order chi connectivity index (χ0) is 18.4. The van der Waals surface area contributed by atoms with Gasteiger partial charge in [0, 0.05) is 16.6 Å². The monoisotopic (exact) mass is 401 g/mol. The largest absolute Gasteiger partial charge is 0.419 e. The quantitative estimate of drug-likeness (QED) is 0.680. The summed E-state index contributed by atoms with van der Waals surface area (Å²) < 4.78 is 4.69. The number of rotatable bonds is 5. The molecule has 1 heterocycles. The summed E-state index contributed by atoms with van der Waals surface area (Å²) in [5.41, 5.74) is -0.0142. The van der Waals surface area contributed by atoms with Gasteiger partial charge in [-0.15, -0.1) is 33.4 Å². The summed E-state index contributed by atoms with van der Waals surface area (Å²) in [5, 5.41) is 8.72. The van der Waals surface area contributed by atoms with Crippen LogP contribution in [-0.4, -0.2) is 31.4 Å². The fourth-order valence-corrected chi connectivity index (χ4v) is 3.43. The van der Waals surface area contributed by atoms with Crippen LogP contribution in [0.4, 0.5) is 0 Å². The first-order chi connectivity index (χ1) is 11.6. The molecule has 0 bridgehead atoms. The molecule has 1 amide bonds. The first-order valence-corrected chi connectivity index (χ1v) is 9.05. The van der Waals surface area contributed by atoms with E-state index < -0.39 is 9.75 Å². The molecule has 5 nitrogen and oxygen atoms in total. The molecule has 0 aliphatic heterocycles. The Balaban J connectivity index is 1.78.